The second-order valence-corrected chi connectivity index (χ2v) is 12.6. The molecule has 1 aromatic heterocycles. The van der Waals surface area contributed by atoms with E-state index in [1.165, 1.54) is 0 Å². The number of amides is 2. The lowest BCUT2D eigenvalue weighted by Crippen LogP contribution is -2.44. The highest BCUT2D eigenvalue weighted by molar-refractivity contribution is 6.06. The van der Waals surface area contributed by atoms with Gasteiger partial charge in [0.15, 0.2) is 0 Å². The van der Waals surface area contributed by atoms with Crippen molar-refractivity contribution in [3.63, 3.8) is 0 Å². The molecule has 3 aliphatic heterocycles. The smallest absolute Gasteiger partial charge is 0.254 e. The molecule has 5 rings (SSSR count). The predicted octanol–water partition coefficient (Wildman–Crippen LogP) is 4.74. The van der Waals surface area contributed by atoms with E-state index in [1.807, 2.05) is 32.2 Å². The minimum Gasteiger partial charge on any atom is -0.381 e. The lowest BCUT2D eigenvalue weighted by atomic mass is 9.86. The van der Waals surface area contributed by atoms with E-state index in [-0.39, 0.29) is 24.3 Å². The molecule has 236 valence electrons. The lowest BCUT2D eigenvalue weighted by Gasteiger charge is -2.37. The summed E-state index contributed by atoms with van der Waals surface area (Å²) in [5.74, 6) is 0.336. The van der Waals surface area contributed by atoms with Gasteiger partial charge in [0.2, 0.25) is 0 Å². The number of anilines is 2. The fraction of sp³-hybridized carbons (Fsp3) is 0.543. The second kappa shape index (κ2) is 14.0. The van der Waals surface area contributed by atoms with E-state index >= 15 is 0 Å². The molecule has 44 heavy (non-hydrogen) atoms. The molecule has 0 radical (unpaired) electrons. The fourth-order valence-corrected chi connectivity index (χ4v) is 6.63. The van der Waals surface area contributed by atoms with Crippen LogP contribution in [0.1, 0.15) is 56.5 Å². The molecule has 2 saturated heterocycles. The van der Waals surface area contributed by atoms with Crippen molar-refractivity contribution in [3.8, 4) is 11.1 Å². The first-order valence-corrected chi connectivity index (χ1v) is 16.1. The third-order valence-corrected chi connectivity index (χ3v) is 9.31. The number of hydrogen-bond acceptors (Lipinski definition) is 7. The number of rotatable bonds is 9. The Morgan fingerprint density at radius 1 is 1.09 bits per heavy atom. The number of pyridine rings is 1. The summed E-state index contributed by atoms with van der Waals surface area (Å²) in [4.78, 5) is 42.9. The largest absolute Gasteiger partial charge is 0.381 e. The SMILES string of the molecule is CCN(c1cc(-c2ccc(N3CCN(C)CC3)nc2)cc(C(=O)NCC2C(=O)N=C(C)C=C2C(C)C)c1C)C1CCOCC1. The number of hydrogen-bond donors (Lipinski definition) is 1. The summed E-state index contributed by atoms with van der Waals surface area (Å²) in [5, 5.41) is 3.10. The van der Waals surface area contributed by atoms with Gasteiger partial charge in [-0.25, -0.2) is 9.98 Å². The quantitative estimate of drug-likeness (QED) is 0.445. The van der Waals surface area contributed by atoms with Gasteiger partial charge in [0.1, 0.15) is 5.82 Å². The molecule has 1 aromatic carbocycles. The van der Waals surface area contributed by atoms with Crippen molar-refractivity contribution in [2.75, 3.05) is 69.3 Å². The molecule has 2 fully saturated rings. The summed E-state index contributed by atoms with van der Waals surface area (Å²) in [7, 11) is 2.15. The Morgan fingerprint density at radius 2 is 1.82 bits per heavy atom. The molecule has 1 atom stereocenters. The van der Waals surface area contributed by atoms with Crippen LogP contribution in [0, 0.1) is 18.8 Å². The zero-order valence-electron chi connectivity index (χ0n) is 27.2. The number of allylic oxidation sites excluding steroid dienone is 1. The Balaban J connectivity index is 1.46. The summed E-state index contributed by atoms with van der Waals surface area (Å²) in [6.07, 6.45) is 5.82. The van der Waals surface area contributed by atoms with Crippen LogP contribution >= 0.6 is 0 Å². The third-order valence-electron chi connectivity index (χ3n) is 9.31. The van der Waals surface area contributed by atoms with Crippen LogP contribution < -0.4 is 15.1 Å². The Bertz CT molecular complexity index is 1400. The number of nitrogens with zero attached hydrogens (tertiary/aromatic N) is 5. The first-order valence-electron chi connectivity index (χ1n) is 16.1. The van der Waals surface area contributed by atoms with E-state index in [2.05, 4.69) is 71.0 Å². The normalized spacial score (nSPS) is 20.0. The molecule has 0 bridgehead atoms. The van der Waals surface area contributed by atoms with E-state index in [1.54, 1.807) is 0 Å². The molecule has 9 nitrogen and oxygen atoms in total. The van der Waals surface area contributed by atoms with Gasteiger partial charge in [-0.15, -0.1) is 0 Å². The maximum atomic E-state index is 13.9. The molecule has 0 spiro atoms. The molecule has 0 aliphatic carbocycles. The van der Waals surface area contributed by atoms with Crippen molar-refractivity contribution in [1.82, 2.24) is 15.2 Å². The van der Waals surface area contributed by atoms with Gasteiger partial charge in [0.05, 0.1) is 5.92 Å². The van der Waals surface area contributed by atoms with Crippen molar-refractivity contribution in [2.24, 2.45) is 16.8 Å². The summed E-state index contributed by atoms with van der Waals surface area (Å²) in [6.45, 7) is 16.7. The van der Waals surface area contributed by atoms with Gasteiger partial charge in [0.25, 0.3) is 11.8 Å². The standard InChI is InChI=1S/C35H48N6O3/c1-7-41(28-10-16-44-17-11-28)32-20-27(26-8-9-33(36-21-26)40-14-12-39(6)13-15-40)19-30(25(32)5)34(42)37-22-31-29(23(2)3)18-24(4)38-35(31)43/h8-9,18-21,23,28,31H,7,10-17,22H2,1-6H3,(H,37,42). The van der Waals surface area contributed by atoms with E-state index in [9.17, 15) is 9.59 Å². The Kier molecular flexibility index (Phi) is 10.2. The molecule has 1 N–H and O–H groups in total. The van der Waals surface area contributed by atoms with E-state index in [0.717, 1.165) is 98.3 Å². The summed E-state index contributed by atoms with van der Waals surface area (Å²) >= 11 is 0. The third kappa shape index (κ3) is 7.05. The molecule has 1 unspecified atom stereocenters. The zero-order valence-corrected chi connectivity index (χ0v) is 27.2. The Hall–Kier alpha value is -3.56. The van der Waals surface area contributed by atoms with Gasteiger partial charge in [-0.1, -0.05) is 19.4 Å². The number of aliphatic imine (C=N–C) groups is 1. The number of likely N-dealkylation sites (N-methyl/N-ethyl adjacent to an activating group) is 1. The number of benzene rings is 1. The maximum Gasteiger partial charge on any atom is 0.254 e. The van der Waals surface area contributed by atoms with Gasteiger partial charge in [-0.05, 0) is 88.0 Å². The average molecular weight is 601 g/mol. The van der Waals surface area contributed by atoms with Crippen LogP contribution in [0.2, 0.25) is 0 Å². The molecule has 4 heterocycles. The molecular formula is C35H48N6O3. The molecule has 0 saturated carbocycles. The van der Waals surface area contributed by atoms with Crippen molar-refractivity contribution in [3.05, 3.63) is 53.2 Å². The minimum absolute atomic E-state index is 0.182. The number of dihydropyridines is 1. The molecule has 2 aromatic rings. The van der Waals surface area contributed by atoms with Crippen LogP contribution in [-0.4, -0.2) is 93.0 Å². The molecule has 3 aliphatic rings. The van der Waals surface area contributed by atoms with Crippen molar-refractivity contribution < 1.29 is 14.3 Å². The fourth-order valence-electron chi connectivity index (χ4n) is 6.63. The summed E-state index contributed by atoms with van der Waals surface area (Å²) in [5.41, 5.74) is 6.26. The molecular weight excluding hydrogens is 552 g/mol. The average Bonchev–Trinajstić information content (AvgIpc) is 3.02. The Labute approximate surface area is 262 Å². The van der Waals surface area contributed by atoms with Gasteiger partial charge in [-0.2, -0.15) is 0 Å². The number of piperazine rings is 1. The van der Waals surface area contributed by atoms with Crippen LogP contribution in [0.15, 0.2) is 47.1 Å². The number of ether oxygens (including phenoxy) is 1. The lowest BCUT2D eigenvalue weighted by molar-refractivity contribution is -0.120. The highest BCUT2D eigenvalue weighted by Gasteiger charge is 2.30. The summed E-state index contributed by atoms with van der Waals surface area (Å²) < 4.78 is 5.67. The van der Waals surface area contributed by atoms with Crippen molar-refractivity contribution >= 4 is 29.0 Å². The minimum atomic E-state index is -0.452. The first kappa shape index (κ1) is 31.9. The van der Waals surface area contributed by atoms with E-state index < -0.39 is 5.92 Å². The van der Waals surface area contributed by atoms with Gasteiger partial charge in [0, 0.05) is 87.2 Å². The molecule has 2 amide bonds. The highest BCUT2D eigenvalue weighted by Crippen LogP contribution is 2.34. The summed E-state index contributed by atoms with van der Waals surface area (Å²) in [6, 6.07) is 8.73. The maximum absolute atomic E-state index is 13.9. The second-order valence-electron chi connectivity index (χ2n) is 12.6. The number of aromatic nitrogens is 1. The van der Waals surface area contributed by atoms with Crippen LogP contribution in [-0.2, 0) is 9.53 Å². The van der Waals surface area contributed by atoms with Crippen LogP contribution in [0.5, 0.6) is 0 Å². The molecule has 9 heteroatoms. The number of carbonyl (C=O) groups is 2. The topological polar surface area (TPSA) is 90.4 Å². The zero-order chi connectivity index (χ0) is 31.4. The van der Waals surface area contributed by atoms with Gasteiger partial charge in [-0.3, -0.25) is 9.59 Å². The first-order chi connectivity index (χ1) is 21.2. The van der Waals surface area contributed by atoms with E-state index in [4.69, 9.17) is 9.72 Å². The monoisotopic (exact) mass is 600 g/mol. The van der Waals surface area contributed by atoms with Gasteiger partial charge >= 0.3 is 0 Å². The van der Waals surface area contributed by atoms with Crippen molar-refractivity contribution in [2.45, 2.75) is 53.5 Å². The Morgan fingerprint density at radius 3 is 2.45 bits per heavy atom. The number of carbonyl (C=O) groups excluding carboxylic acids is 2. The van der Waals surface area contributed by atoms with Crippen LogP contribution in [0.3, 0.4) is 0 Å². The number of nitrogens with one attached hydrogen (secondary N) is 1. The van der Waals surface area contributed by atoms with Crippen LogP contribution in [0.4, 0.5) is 11.5 Å². The highest BCUT2D eigenvalue weighted by atomic mass is 16.5. The van der Waals surface area contributed by atoms with E-state index in [0.29, 0.717) is 11.6 Å². The van der Waals surface area contributed by atoms with Crippen molar-refractivity contribution in [1.29, 1.82) is 0 Å². The predicted molar refractivity (Wildman–Crippen MR) is 178 cm³/mol. The van der Waals surface area contributed by atoms with Gasteiger partial charge < -0.3 is 24.8 Å². The van der Waals surface area contributed by atoms with Crippen LogP contribution in [0.25, 0.3) is 11.1 Å².